The second kappa shape index (κ2) is 8.64. The minimum absolute atomic E-state index is 0.115. The number of carbonyl (C=O) groups excluding carboxylic acids is 2. The van der Waals surface area contributed by atoms with Gasteiger partial charge in [0, 0.05) is 12.6 Å². The molecule has 0 saturated heterocycles. The van der Waals surface area contributed by atoms with E-state index in [0.29, 0.717) is 41.0 Å². The van der Waals surface area contributed by atoms with Gasteiger partial charge in [0.05, 0.1) is 18.1 Å². The van der Waals surface area contributed by atoms with Crippen molar-refractivity contribution in [2.24, 2.45) is 0 Å². The van der Waals surface area contributed by atoms with Crippen LogP contribution in [-0.4, -0.2) is 50.3 Å². The Labute approximate surface area is 161 Å². The summed E-state index contributed by atoms with van der Waals surface area (Å²) in [5, 5.41) is 3.12. The van der Waals surface area contributed by atoms with Crippen LogP contribution in [0.15, 0.2) is 42.5 Å². The second-order valence-corrected chi connectivity index (χ2v) is 6.25. The lowest BCUT2D eigenvalue weighted by Crippen LogP contribution is -2.39. The third-order valence-electron chi connectivity index (χ3n) is 3.98. The van der Waals surface area contributed by atoms with E-state index in [2.05, 4.69) is 5.32 Å². The molecule has 3 rings (SSSR count). The van der Waals surface area contributed by atoms with E-state index >= 15 is 0 Å². The van der Waals surface area contributed by atoms with Crippen LogP contribution in [0.1, 0.15) is 10.4 Å². The van der Waals surface area contributed by atoms with Gasteiger partial charge in [0.2, 0.25) is 12.7 Å². The molecular weight excluding hydrogens is 372 g/mol. The van der Waals surface area contributed by atoms with E-state index in [1.54, 1.807) is 37.4 Å². The smallest absolute Gasteiger partial charge is 0.251 e. The number of amides is 2. The van der Waals surface area contributed by atoms with Crippen LogP contribution >= 0.6 is 11.6 Å². The molecule has 0 fully saturated rings. The Hall–Kier alpha value is -2.93. The largest absolute Gasteiger partial charge is 0.490 e. The topological polar surface area (TPSA) is 77.1 Å². The molecule has 0 aliphatic carbocycles. The Morgan fingerprint density at radius 1 is 1.19 bits per heavy atom. The number of hydrogen-bond donors (Lipinski definition) is 1. The minimum Gasteiger partial charge on any atom is -0.490 e. The molecule has 1 aliphatic rings. The molecule has 1 heterocycles. The normalized spacial score (nSPS) is 11.8. The summed E-state index contributed by atoms with van der Waals surface area (Å²) in [6, 6.07) is 12.0. The molecular formula is C19H19ClN2O5. The lowest BCUT2D eigenvalue weighted by atomic mass is 10.2. The summed E-state index contributed by atoms with van der Waals surface area (Å²) < 4.78 is 16.0. The van der Waals surface area contributed by atoms with Crippen LogP contribution in [-0.2, 0) is 4.79 Å². The first-order chi connectivity index (χ1) is 13.0. The molecule has 1 N–H and O–H groups in total. The fourth-order valence-electron chi connectivity index (χ4n) is 2.41. The molecule has 0 spiro atoms. The molecule has 0 bridgehead atoms. The Bertz CT molecular complexity index is 843. The van der Waals surface area contributed by atoms with Crippen molar-refractivity contribution in [2.45, 2.75) is 0 Å². The molecule has 2 amide bonds. The molecule has 0 saturated carbocycles. The molecule has 27 heavy (non-hydrogen) atoms. The van der Waals surface area contributed by atoms with E-state index in [9.17, 15) is 9.59 Å². The van der Waals surface area contributed by atoms with Gasteiger partial charge in [-0.25, -0.2) is 0 Å². The predicted molar refractivity (Wildman–Crippen MR) is 99.5 cm³/mol. The molecule has 0 aromatic heterocycles. The Kier molecular flexibility index (Phi) is 6.03. The van der Waals surface area contributed by atoms with Crippen molar-refractivity contribution in [3.05, 3.63) is 53.1 Å². The zero-order valence-electron chi connectivity index (χ0n) is 14.7. The summed E-state index contributed by atoms with van der Waals surface area (Å²) >= 11 is 6.01. The molecule has 8 heteroatoms. The maximum Gasteiger partial charge on any atom is 0.251 e. The van der Waals surface area contributed by atoms with Crippen molar-refractivity contribution >= 4 is 23.4 Å². The Morgan fingerprint density at radius 3 is 2.78 bits per heavy atom. The highest BCUT2D eigenvalue weighted by molar-refractivity contribution is 6.32. The molecule has 1 aliphatic heterocycles. The number of nitrogens with zero attached hydrogens (tertiary/aromatic N) is 1. The molecule has 2 aromatic rings. The number of benzene rings is 2. The average molecular weight is 391 g/mol. The van der Waals surface area contributed by atoms with Gasteiger partial charge in [0.1, 0.15) is 12.4 Å². The maximum atomic E-state index is 12.2. The van der Waals surface area contributed by atoms with E-state index in [-0.39, 0.29) is 25.2 Å². The number of ether oxygens (including phenoxy) is 3. The lowest BCUT2D eigenvalue weighted by molar-refractivity contribution is -0.129. The zero-order chi connectivity index (χ0) is 19.2. The highest BCUT2D eigenvalue weighted by atomic mass is 35.5. The summed E-state index contributed by atoms with van der Waals surface area (Å²) in [5.74, 6) is 1.09. The molecule has 2 aromatic carbocycles. The van der Waals surface area contributed by atoms with Crippen LogP contribution in [0, 0.1) is 0 Å². The third kappa shape index (κ3) is 4.83. The number of nitrogens with one attached hydrogen (secondary N) is 1. The summed E-state index contributed by atoms with van der Waals surface area (Å²) in [6.07, 6.45) is 0. The van der Waals surface area contributed by atoms with Gasteiger partial charge in [0.25, 0.3) is 5.91 Å². The van der Waals surface area contributed by atoms with Crippen LogP contribution in [0.25, 0.3) is 0 Å². The first kappa shape index (κ1) is 18.8. The van der Waals surface area contributed by atoms with E-state index < -0.39 is 0 Å². The van der Waals surface area contributed by atoms with Crippen molar-refractivity contribution in [3.8, 4) is 17.2 Å². The van der Waals surface area contributed by atoms with Gasteiger partial charge >= 0.3 is 0 Å². The second-order valence-electron chi connectivity index (χ2n) is 5.84. The molecule has 7 nitrogen and oxygen atoms in total. The molecule has 0 atom stereocenters. The van der Waals surface area contributed by atoms with Gasteiger partial charge in [-0.2, -0.15) is 0 Å². The number of rotatable bonds is 7. The van der Waals surface area contributed by atoms with Crippen molar-refractivity contribution in [2.75, 3.05) is 33.5 Å². The SMILES string of the molecule is CN(CCOc1ccccc1Cl)C(=O)CNC(=O)c1ccc2c(c1)OCO2. The molecule has 0 unspecified atom stereocenters. The number of fused-ring (bicyclic) bond motifs is 1. The lowest BCUT2D eigenvalue weighted by Gasteiger charge is -2.18. The van der Waals surface area contributed by atoms with Gasteiger partial charge < -0.3 is 24.4 Å². The number of halogens is 1. The third-order valence-corrected chi connectivity index (χ3v) is 4.29. The Morgan fingerprint density at radius 2 is 1.96 bits per heavy atom. The summed E-state index contributed by atoms with van der Waals surface area (Å²) in [6.45, 7) is 0.682. The summed E-state index contributed by atoms with van der Waals surface area (Å²) in [5.41, 5.74) is 0.400. The summed E-state index contributed by atoms with van der Waals surface area (Å²) in [7, 11) is 1.64. The number of likely N-dealkylation sites (N-methyl/N-ethyl adjacent to an activating group) is 1. The van der Waals surface area contributed by atoms with Crippen molar-refractivity contribution in [3.63, 3.8) is 0 Å². The predicted octanol–water partition coefficient (Wildman–Crippen LogP) is 2.34. The minimum atomic E-state index is -0.359. The van der Waals surface area contributed by atoms with E-state index in [1.165, 1.54) is 4.90 Å². The van der Waals surface area contributed by atoms with Crippen molar-refractivity contribution < 1.29 is 23.8 Å². The van der Waals surface area contributed by atoms with Gasteiger partial charge in [-0.05, 0) is 30.3 Å². The van der Waals surface area contributed by atoms with Gasteiger partial charge in [-0.1, -0.05) is 23.7 Å². The maximum absolute atomic E-state index is 12.2. The highest BCUT2D eigenvalue weighted by Gasteiger charge is 2.17. The average Bonchev–Trinajstić information content (AvgIpc) is 3.15. The van der Waals surface area contributed by atoms with Crippen LogP contribution in [0.5, 0.6) is 17.2 Å². The van der Waals surface area contributed by atoms with Crippen molar-refractivity contribution in [1.29, 1.82) is 0 Å². The van der Waals surface area contributed by atoms with Gasteiger partial charge in [-0.15, -0.1) is 0 Å². The number of carbonyl (C=O) groups is 2. The fraction of sp³-hybridized carbons (Fsp3) is 0.263. The van der Waals surface area contributed by atoms with Crippen LogP contribution in [0.3, 0.4) is 0 Å². The van der Waals surface area contributed by atoms with Crippen LogP contribution < -0.4 is 19.5 Å². The van der Waals surface area contributed by atoms with E-state index in [1.807, 2.05) is 12.1 Å². The van der Waals surface area contributed by atoms with E-state index in [4.69, 9.17) is 25.8 Å². The van der Waals surface area contributed by atoms with Crippen molar-refractivity contribution in [1.82, 2.24) is 10.2 Å². The van der Waals surface area contributed by atoms with Gasteiger partial charge in [-0.3, -0.25) is 9.59 Å². The Balaban J connectivity index is 1.43. The first-order valence-corrected chi connectivity index (χ1v) is 8.71. The standard InChI is InChI=1S/C19H19ClN2O5/c1-22(8-9-25-15-5-3-2-4-14(15)20)18(23)11-21-19(24)13-6-7-16-17(10-13)27-12-26-16/h2-7,10H,8-9,11-12H2,1H3,(H,21,24). The zero-order valence-corrected chi connectivity index (χ0v) is 15.5. The number of para-hydroxylation sites is 1. The number of hydrogen-bond acceptors (Lipinski definition) is 5. The quantitative estimate of drug-likeness (QED) is 0.785. The van der Waals surface area contributed by atoms with Crippen LogP contribution in [0.4, 0.5) is 0 Å². The highest BCUT2D eigenvalue weighted by Crippen LogP contribution is 2.32. The summed E-state index contributed by atoms with van der Waals surface area (Å²) in [4.78, 5) is 25.8. The fourth-order valence-corrected chi connectivity index (χ4v) is 2.60. The van der Waals surface area contributed by atoms with Gasteiger partial charge in [0.15, 0.2) is 11.5 Å². The molecule has 0 radical (unpaired) electrons. The first-order valence-electron chi connectivity index (χ1n) is 8.34. The monoisotopic (exact) mass is 390 g/mol. The van der Waals surface area contributed by atoms with E-state index in [0.717, 1.165) is 0 Å². The molecule has 142 valence electrons. The van der Waals surface area contributed by atoms with Crippen LogP contribution in [0.2, 0.25) is 5.02 Å².